The summed E-state index contributed by atoms with van der Waals surface area (Å²) in [6.07, 6.45) is -4.66. The Hall–Kier alpha value is -0.460. The van der Waals surface area contributed by atoms with E-state index < -0.39 is 6.36 Å². The molecule has 0 aliphatic heterocycles. The number of alkyl halides is 3. The molecule has 0 saturated carbocycles. The molecule has 0 saturated heterocycles. The van der Waals surface area contributed by atoms with Crippen LogP contribution in [0.2, 0.25) is 0 Å². The van der Waals surface area contributed by atoms with Gasteiger partial charge in [-0.05, 0) is 23.8 Å². The zero-order valence-electron chi connectivity index (χ0n) is 9.84. The molecule has 0 aromatic heterocycles. The summed E-state index contributed by atoms with van der Waals surface area (Å²) in [7, 11) is 0. The van der Waals surface area contributed by atoms with Gasteiger partial charge in [0.15, 0.2) is 0 Å². The maximum atomic E-state index is 12.1. The van der Waals surface area contributed by atoms with Crippen molar-refractivity contribution in [1.29, 1.82) is 0 Å². The highest BCUT2D eigenvalue weighted by atomic mass is 79.9. The van der Waals surface area contributed by atoms with Crippen LogP contribution in [-0.4, -0.2) is 12.4 Å². The Kier molecular flexibility index (Phi) is 7.02. The van der Waals surface area contributed by atoms with Crippen LogP contribution in [0.5, 0.6) is 5.75 Å². The molecule has 0 fully saturated rings. The number of halogens is 5. The molecule has 0 atom stereocenters. The summed E-state index contributed by atoms with van der Waals surface area (Å²) in [5.74, 6) is -0.215. The van der Waals surface area contributed by atoms with E-state index in [0.29, 0.717) is 11.0 Å². The highest BCUT2D eigenvalue weighted by Gasteiger charge is 2.31. The predicted octanol–water partition coefficient (Wildman–Crippen LogP) is 4.27. The monoisotopic (exact) mass is 347 g/mol. The predicted molar refractivity (Wildman–Crippen MR) is 70.0 cm³/mol. The summed E-state index contributed by atoms with van der Waals surface area (Å²) in [5, 5.41) is 3.12. The second-order valence-corrected chi connectivity index (χ2v) is 4.79. The second kappa shape index (κ2) is 7.21. The molecule has 0 aliphatic rings. The number of ether oxygens (including phenoxy) is 1. The van der Waals surface area contributed by atoms with Crippen LogP contribution < -0.4 is 10.1 Å². The average molecular weight is 349 g/mol. The number of benzene rings is 1. The summed E-state index contributed by atoms with van der Waals surface area (Å²) >= 11 is 3.15. The smallest absolute Gasteiger partial charge is 0.406 e. The molecular formula is C11H14BrClF3NO. The maximum absolute atomic E-state index is 12.1. The Morgan fingerprint density at radius 3 is 2.39 bits per heavy atom. The first kappa shape index (κ1) is 17.5. The van der Waals surface area contributed by atoms with Gasteiger partial charge in [-0.15, -0.1) is 25.6 Å². The SMILES string of the molecule is CC(C)NCc1cc(Br)cc(OC(F)(F)F)c1.Cl. The molecular weight excluding hydrogens is 334 g/mol. The molecule has 0 amide bonds. The van der Waals surface area contributed by atoms with Crippen LogP contribution in [0.15, 0.2) is 22.7 Å². The van der Waals surface area contributed by atoms with Crippen LogP contribution in [0.4, 0.5) is 13.2 Å². The van der Waals surface area contributed by atoms with Gasteiger partial charge < -0.3 is 10.1 Å². The first-order valence-corrected chi connectivity index (χ1v) is 5.84. The third kappa shape index (κ3) is 7.08. The van der Waals surface area contributed by atoms with E-state index in [2.05, 4.69) is 26.0 Å². The molecule has 104 valence electrons. The molecule has 0 aliphatic carbocycles. The molecule has 0 heterocycles. The second-order valence-electron chi connectivity index (χ2n) is 3.88. The lowest BCUT2D eigenvalue weighted by Gasteiger charge is -2.12. The fourth-order valence-electron chi connectivity index (χ4n) is 1.24. The van der Waals surface area contributed by atoms with Gasteiger partial charge >= 0.3 is 6.36 Å². The number of rotatable bonds is 4. The van der Waals surface area contributed by atoms with E-state index >= 15 is 0 Å². The van der Waals surface area contributed by atoms with Crippen molar-refractivity contribution in [2.24, 2.45) is 0 Å². The fraction of sp³-hybridized carbons (Fsp3) is 0.455. The van der Waals surface area contributed by atoms with Gasteiger partial charge in [-0.2, -0.15) is 0 Å². The van der Waals surface area contributed by atoms with Crippen LogP contribution in [0.1, 0.15) is 19.4 Å². The van der Waals surface area contributed by atoms with Crippen LogP contribution in [-0.2, 0) is 6.54 Å². The van der Waals surface area contributed by atoms with Crippen molar-refractivity contribution < 1.29 is 17.9 Å². The van der Waals surface area contributed by atoms with Crippen LogP contribution in [0, 0.1) is 0 Å². The summed E-state index contributed by atoms with van der Waals surface area (Å²) in [5.41, 5.74) is 0.729. The van der Waals surface area contributed by atoms with Gasteiger partial charge in [-0.3, -0.25) is 0 Å². The van der Waals surface area contributed by atoms with E-state index in [1.54, 1.807) is 6.07 Å². The van der Waals surface area contributed by atoms with Gasteiger partial charge in [0.1, 0.15) is 5.75 Å². The van der Waals surface area contributed by atoms with Crippen LogP contribution in [0.3, 0.4) is 0 Å². The molecule has 2 nitrogen and oxygen atoms in total. The number of nitrogens with one attached hydrogen (secondary N) is 1. The molecule has 7 heteroatoms. The lowest BCUT2D eigenvalue weighted by Crippen LogP contribution is -2.22. The fourth-order valence-corrected chi connectivity index (χ4v) is 1.76. The van der Waals surface area contributed by atoms with Gasteiger partial charge in [0.2, 0.25) is 0 Å². The van der Waals surface area contributed by atoms with Gasteiger partial charge in [0.25, 0.3) is 0 Å². The van der Waals surface area contributed by atoms with Crippen molar-refractivity contribution in [3.05, 3.63) is 28.2 Å². The molecule has 0 bridgehead atoms. The van der Waals surface area contributed by atoms with Gasteiger partial charge in [0, 0.05) is 17.1 Å². The first-order chi connectivity index (χ1) is 7.76. The normalized spacial score (nSPS) is 11.3. The Balaban J connectivity index is 0.00000289. The van der Waals surface area contributed by atoms with Gasteiger partial charge in [-0.1, -0.05) is 29.8 Å². The zero-order valence-corrected chi connectivity index (χ0v) is 12.2. The van der Waals surface area contributed by atoms with E-state index in [4.69, 9.17) is 0 Å². The van der Waals surface area contributed by atoms with Crippen molar-refractivity contribution >= 4 is 28.3 Å². The highest BCUT2D eigenvalue weighted by Crippen LogP contribution is 2.27. The van der Waals surface area contributed by atoms with E-state index in [-0.39, 0.29) is 24.2 Å². The largest absolute Gasteiger partial charge is 0.573 e. The minimum atomic E-state index is -4.66. The standard InChI is InChI=1S/C11H13BrF3NO.ClH/c1-7(2)16-6-8-3-9(12)5-10(4-8)17-11(13,14)15;/h3-5,7,16H,6H2,1-2H3;1H. The van der Waals surface area contributed by atoms with E-state index in [9.17, 15) is 13.2 Å². The summed E-state index contributed by atoms with van der Waals surface area (Å²) < 4.78 is 40.6. The number of hydrogen-bond acceptors (Lipinski definition) is 2. The third-order valence-corrected chi connectivity index (χ3v) is 2.34. The van der Waals surface area contributed by atoms with Crippen molar-refractivity contribution in [3.63, 3.8) is 0 Å². The van der Waals surface area contributed by atoms with Crippen LogP contribution in [0.25, 0.3) is 0 Å². The molecule has 1 aromatic carbocycles. The summed E-state index contributed by atoms with van der Waals surface area (Å²) in [6.45, 7) is 4.42. The van der Waals surface area contributed by atoms with Crippen molar-refractivity contribution in [3.8, 4) is 5.75 Å². The summed E-state index contributed by atoms with van der Waals surface area (Å²) in [6, 6.07) is 4.67. The van der Waals surface area contributed by atoms with E-state index in [0.717, 1.165) is 5.56 Å². The van der Waals surface area contributed by atoms with Crippen molar-refractivity contribution in [1.82, 2.24) is 5.32 Å². The Labute approximate surface area is 118 Å². The maximum Gasteiger partial charge on any atom is 0.573 e. The van der Waals surface area contributed by atoms with E-state index in [1.165, 1.54) is 12.1 Å². The lowest BCUT2D eigenvalue weighted by atomic mass is 10.2. The quantitative estimate of drug-likeness (QED) is 0.877. The molecule has 0 radical (unpaired) electrons. The van der Waals surface area contributed by atoms with Gasteiger partial charge in [0.05, 0.1) is 0 Å². The lowest BCUT2D eigenvalue weighted by molar-refractivity contribution is -0.274. The Bertz CT molecular complexity index is 385. The molecule has 1 aromatic rings. The Morgan fingerprint density at radius 1 is 1.28 bits per heavy atom. The number of hydrogen-bond donors (Lipinski definition) is 1. The topological polar surface area (TPSA) is 21.3 Å². The molecule has 1 N–H and O–H groups in total. The summed E-state index contributed by atoms with van der Waals surface area (Å²) in [4.78, 5) is 0. The minimum Gasteiger partial charge on any atom is -0.406 e. The highest BCUT2D eigenvalue weighted by molar-refractivity contribution is 9.10. The Morgan fingerprint density at radius 2 is 1.89 bits per heavy atom. The van der Waals surface area contributed by atoms with Crippen LogP contribution >= 0.6 is 28.3 Å². The minimum absolute atomic E-state index is 0. The van der Waals surface area contributed by atoms with Gasteiger partial charge in [-0.25, -0.2) is 0 Å². The van der Waals surface area contributed by atoms with E-state index in [1.807, 2.05) is 13.8 Å². The third-order valence-electron chi connectivity index (χ3n) is 1.88. The average Bonchev–Trinajstić information content (AvgIpc) is 2.10. The zero-order chi connectivity index (χ0) is 13.1. The van der Waals surface area contributed by atoms with Crippen molar-refractivity contribution in [2.45, 2.75) is 32.8 Å². The first-order valence-electron chi connectivity index (χ1n) is 5.05. The molecule has 18 heavy (non-hydrogen) atoms. The molecule has 0 unspecified atom stereocenters. The van der Waals surface area contributed by atoms with Crippen molar-refractivity contribution in [2.75, 3.05) is 0 Å². The molecule has 1 rings (SSSR count). The molecule has 0 spiro atoms.